The van der Waals surface area contributed by atoms with Gasteiger partial charge in [-0.2, -0.15) is 0 Å². The van der Waals surface area contributed by atoms with Crippen LogP contribution >= 0.6 is 0 Å². The van der Waals surface area contributed by atoms with Gasteiger partial charge in [-0.25, -0.2) is 4.79 Å². The quantitative estimate of drug-likeness (QED) is 0.713. The average molecular weight is 318 g/mol. The molecule has 3 aromatic carbocycles. The van der Waals surface area contributed by atoms with E-state index in [2.05, 4.69) is 0 Å². The van der Waals surface area contributed by atoms with Crippen molar-refractivity contribution in [1.29, 1.82) is 0 Å². The lowest BCUT2D eigenvalue weighted by molar-refractivity contribution is 0.0693. The summed E-state index contributed by atoms with van der Waals surface area (Å²) in [6, 6.07) is 20.4. The highest BCUT2D eigenvalue weighted by atomic mass is 16.4. The molecule has 0 radical (unpaired) electrons. The van der Waals surface area contributed by atoms with Crippen molar-refractivity contribution in [2.24, 2.45) is 0 Å². The highest BCUT2D eigenvalue weighted by Crippen LogP contribution is 2.34. The Morgan fingerprint density at radius 2 is 1.33 bits per heavy atom. The van der Waals surface area contributed by atoms with Crippen molar-refractivity contribution in [2.45, 2.75) is 0 Å². The molecule has 0 fully saturated rings. The molecule has 0 atom stereocenters. The predicted octanol–water partition coefficient (Wildman–Crippen LogP) is 3.99. The molecule has 24 heavy (non-hydrogen) atoms. The Morgan fingerprint density at radius 3 is 1.92 bits per heavy atom. The van der Waals surface area contributed by atoms with Gasteiger partial charge in [-0.3, -0.25) is 4.79 Å². The molecular formula is C20H14O4. The van der Waals surface area contributed by atoms with Crippen LogP contribution in [0.25, 0.3) is 11.1 Å². The Bertz CT molecular complexity index is 900. The van der Waals surface area contributed by atoms with Gasteiger partial charge in [-0.15, -0.1) is 0 Å². The van der Waals surface area contributed by atoms with Crippen molar-refractivity contribution in [3.63, 3.8) is 0 Å². The summed E-state index contributed by atoms with van der Waals surface area (Å²) in [5.74, 6) is -2.22. The first-order valence-electron chi connectivity index (χ1n) is 7.34. The Hall–Kier alpha value is -3.40. The average Bonchev–Trinajstić information content (AvgIpc) is 2.62. The van der Waals surface area contributed by atoms with Gasteiger partial charge in [0, 0.05) is 5.56 Å². The molecule has 4 nitrogen and oxygen atoms in total. The number of hydrogen-bond donors (Lipinski definition) is 2. The van der Waals surface area contributed by atoms with Crippen LogP contribution in [0.15, 0.2) is 72.8 Å². The van der Waals surface area contributed by atoms with Gasteiger partial charge in [0.25, 0.3) is 0 Å². The van der Waals surface area contributed by atoms with Gasteiger partial charge in [0.05, 0.1) is 5.56 Å². The summed E-state index contributed by atoms with van der Waals surface area (Å²) in [6.07, 6.45) is 0. The standard InChI is InChI=1S/C20H14O4/c21-18(14-9-5-2-6-10-14)17-15(13-7-3-1-4-8-13)11-12-16(19(17)22)20(23)24/h1-12,22H,(H,23,24). The summed E-state index contributed by atoms with van der Waals surface area (Å²) in [7, 11) is 0. The fourth-order valence-corrected chi connectivity index (χ4v) is 2.59. The number of ketones is 1. The molecule has 0 saturated carbocycles. The van der Waals surface area contributed by atoms with Gasteiger partial charge in [-0.1, -0.05) is 66.7 Å². The lowest BCUT2D eigenvalue weighted by Gasteiger charge is -2.13. The third kappa shape index (κ3) is 2.77. The van der Waals surface area contributed by atoms with Crippen LogP contribution in [0.4, 0.5) is 0 Å². The molecule has 0 aliphatic rings. The molecule has 3 rings (SSSR count). The Labute approximate surface area is 138 Å². The number of aromatic hydroxyl groups is 1. The SMILES string of the molecule is O=C(O)c1ccc(-c2ccccc2)c(C(=O)c2ccccc2)c1O. The maximum Gasteiger partial charge on any atom is 0.339 e. The van der Waals surface area contributed by atoms with E-state index in [9.17, 15) is 19.8 Å². The fourth-order valence-electron chi connectivity index (χ4n) is 2.59. The van der Waals surface area contributed by atoms with E-state index in [0.717, 1.165) is 5.56 Å². The molecule has 4 heteroatoms. The molecule has 0 spiro atoms. The van der Waals surface area contributed by atoms with Crippen molar-refractivity contribution in [3.8, 4) is 16.9 Å². The minimum atomic E-state index is -1.28. The van der Waals surface area contributed by atoms with E-state index in [1.807, 2.05) is 18.2 Å². The number of aromatic carboxylic acids is 1. The minimum Gasteiger partial charge on any atom is -0.506 e. The van der Waals surface area contributed by atoms with Crippen molar-refractivity contribution in [1.82, 2.24) is 0 Å². The van der Waals surface area contributed by atoms with Crippen LogP contribution in [0.5, 0.6) is 5.75 Å². The Kier molecular flexibility index (Phi) is 4.12. The van der Waals surface area contributed by atoms with Crippen LogP contribution < -0.4 is 0 Å². The third-order valence-electron chi connectivity index (χ3n) is 3.76. The molecule has 0 aliphatic heterocycles. The second-order valence-electron chi connectivity index (χ2n) is 5.25. The molecule has 118 valence electrons. The van der Waals surface area contributed by atoms with Gasteiger partial charge < -0.3 is 10.2 Å². The van der Waals surface area contributed by atoms with Crippen molar-refractivity contribution >= 4 is 11.8 Å². The number of carbonyl (C=O) groups is 2. The molecule has 0 heterocycles. The lowest BCUT2D eigenvalue weighted by Crippen LogP contribution is -2.08. The number of phenols is 1. The van der Waals surface area contributed by atoms with E-state index in [1.165, 1.54) is 6.07 Å². The summed E-state index contributed by atoms with van der Waals surface area (Å²) in [5.41, 5.74) is 1.30. The van der Waals surface area contributed by atoms with Crippen molar-refractivity contribution < 1.29 is 19.8 Å². The lowest BCUT2D eigenvalue weighted by atomic mass is 9.91. The highest BCUT2D eigenvalue weighted by Gasteiger charge is 2.23. The molecule has 0 aromatic heterocycles. The summed E-state index contributed by atoms with van der Waals surface area (Å²) >= 11 is 0. The smallest absolute Gasteiger partial charge is 0.339 e. The fraction of sp³-hybridized carbons (Fsp3) is 0. The molecule has 0 amide bonds. The van der Waals surface area contributed by atoms with Gasteiger partial charge in [0.15, 0.2) is 5.78 Å². The second kappa shape index (κ2) is 6.38. The van der Waals surface area contributed by atoms with Gasteiger partial charge >= 0.3 is 5.97 Å². The third-order valence-corrected chi connectivity index (χ3v) is 3.76. The molecule has 0 aliphatic carbocycles. The number of carboxylic acids is 1. The molecule has 0 unspecified atom stereocenters. The first-order chi connectivity index (χ1) is 11.6. The molecule has 0 bridgehead atoms. The van der Waals surface area contributed by atoms with Crippen LogP contribution in [0.2, 0.25) is 0 Å². The first kappa shape index (κ1) is 15.5. The van der Waals surface area contributed by atoms with E-state index in [0.29, 0.717) is 11.1 Å². The number of carbonyl (C=O) groups excluding carboxylic acids is 1. The van der Waals surface area contributed by atoms with Gasteiger partial charge in [0.2, 0.25) is 0 Å². The number of rotatable bonds is 4. The maximum atomic E-state index is 12.9. The summed E-state index contributed by atoms with van der Waals surface area (Å²) in [6.45, 7) is 0. The van der Waals surface area contributed by atoms with Crippen molar-refractivity contribution in [2.75, 3.05) is 0 Å². The normalized spacial score (nSPS) is 10.3. The van der Waals surface area contributed by atoms with E-state index >= 15 is 0 Å². The summed E-state index contributed by atoms with van der Waals surface area (Å²) < 4.78 is 0. The molecule has 3 aromatic rings. The number of hydrogen-bond acceptors (Lipinski definition) is 3. The van der Waals surface area contributed by atoms with Crippen LogP contribution in [0.1, 0.15) is 26.3 Å². The zero-order valence-corrected chi connectivity index (χ0v) is 12.6. The zero-order chi connectivity index (χ0) is 17.1. The van der Waals surface area contributed by atoms with Crippen molar-refractivity contribution in [3.05, 3.63) is 89.5 Å². The second-order valence-corrected chi connectivity index (χ2v) is 5.25. The topological polar surface area (TPSA) is 74.6 Å². The van der Waals surface area contributed by atoms with Crippen LogP contribution in [0, 0.1) is 0 Å². The van der Waals surface area contributed by atoms with E-state index in [1.54, 1.807) is 48.5 Å². The van der Waals surface area contributed by atoms with Crippen LogP contribution in [0.3, 0.4) is 0 Å². The van der Waals surface area contributed by atoms with Crippen LogP contribution in [-0.4, -0.2) is 22.0 Å². The minimum absolute atomic E-state index is 0.00713. The van der Waals surface area contributed by atoms with Gasteiger partial charge in [-0.05, 0) is 17.2 Å². The zero-order valence-electron chi connectivity index (χ0n) is 12.6. The Balaban J connectivity index is 2.26. The van der Waals surface area contributed by atoms with Gasteiger partial charge in [0.1, 0.15) is 11.3 Å². The molecule has 2 N–H and O–H groups in total. The maximum absolute atomic E-state index is 12.9. The highest BCUT2D eigenvalue weighted by molar-refractivity contribution is 6.16. The summed E-state index contributed by atoms with van der Waals surface area (Å²) in [5, 5.41) is 19.7. The molecule has 0 saturated heterocycles. The number of benzene rings is 3. The monoisotopic (exact) mass is 318 g/mol. The van der Waals surface area contributed by atoms with E-state index in [-0.39, 0.29) is 11.1 Å². The molecular weight excluding hydrogens is 304 g/mol. The largest absolute Gasteiger partial charge is 0.506 e. The number of carboxylic acid groups (broad SMARTS) is 1. The van der Waals surface area contributed by atoms with E-state index in [4.69, 9.17) is 0 Å². The predicted molar refractivity (Wildman–Crippen MR) is 90.4 cm³/mol. The first-order valence-corrected chi connectivity index (χ1v) is 7.34. The Morgan fingerprint density at radius 1 is 0.750 bits per heavy atom. The van der Waals surface area contributed by atoms with Crippen LogP contribution in [-0.2, 0) is 0 Å². The van der Waals surface area contributed by atoms with E-state index < -0.39 is 17.5 Å². The summed E-state index contributed by atoms with van der Waals surface area (Å²) in [4.78, 5) is 24.2.